The Hall–Kier alpha value is -1.05. The fraction of sp³-hybridized carbons (Fsp3) is 0.500. The summed E-state index contributed by atoms with van der Waals surface area (Å²) in [5, 5.41) is 15.5. The van der Waals surface area contributed by atoms with Gasteiger partial charge in [-0.15, -0.1) is 17.5 Å². The van der Waals surface area contributed by atoms with Crippen molar-refractivity contribution in [1.82, 2.24) is 30.1 Å². The van der Waals surface area contributed by atoms with Crippen LogP contribution in [0.1, 0.15) is 5.69 Å². The molecule has 0 aliphatic carbocycles. The summed E-state index contributed by atoms with van der Waals surface area (Å²) in [4.78, 5) is 0. The highest BCUT2D eigenvalue weighted by atomic mass is 35.5. The van der Waals surface area contributed by atoms with Crippen LogP contribution >= 0.6 is 24.2 Å². The van der Waals surface area contributed by atoms with E-state index >= 15 is 0 Å². The van der Waals surface area contributed by atoms with Crippen LogP contribution in [0.15, 0.2) is 23.5 Å². The van der Waals surface area contributed by atoms with Crippen LogP contribution in [-0.4, -0.2) is 37.1 Å². The van der Waals surface area contributed by atoms with E-state index in [1.54, 1.807) is 16.4 Å². The summed E-state index contributed by atoms with van der Waals surface area (Å²) in [5.74, 6) is 0.957. The lowest BCUT2D eigenvalue weighted by atomic mass is 10.4. The van der Waals surface area contributed by atoms with Crippen LogP contribution in [0.2, 0.25) is 0 Å². The summed E-state index contributed by atoms with van der Waals surface area (Å²) in [7, 11) is 3.90. The maximum Gasteiger partial charge on any atom is 0.209 e. The molecule has 100 valence electrons. The molecule has 0 atom stereocenters. The average molecular weight is 289 g/mol. The minimum Gasteiger partial charge on any atom is -0.353 e. The molecule has 2 heterocycles. The molecule has 2 rings (SSSR count). The zero-order valence-corrected chi connectivity index (χ0v) is 12.0. The fourth-order valence-corrected chi connectivity index (χ4v) is 2.20. The molecule has 0 radical (unpaired) electrons. The second-order valence-electron chi connectivity index (χ2n) is 3.72. The van der Waals surface area contributed by atoms with Crippen LogP contribution in [0.3, 0.4) is 0 Å². The maximum atomic E-state index is 3.91. The Labute approximate surface area is 117 Å². The third-order valence-corrected chi connectivity index (χ3v) is 3.46. The summed E-state index contributed by atoms with van der Waals surface area (Å²) < 4.78 is 3.80. The molecule has 0 aromatic carbocycles. The minimum atomic E-state index is 0. The highest BCUT2D eigenvalue weighted by Crippen LogP contribution is 2.10. The first kappa shape index (κ1) is 15.0. The van der Waals surface area contributed by atoms with Gasteiger partial charge < -0.3 is 9.88 Å². The number of halogens is 1. The van der Waals surface area contributed by atoms with E-state index in [1.807, 2.05) is 7.05 Å². The van der Waals surface area contributed by atoms with Crippen molar-refractivity contribution in [2.24, 2.45) is 14.1 Å². The zero-order chi connectivity index (χ0) is 12.1. The van der Waals surface area contributed by atoms with E-state index in [0.717, 1.165) is 24.0 Å². The van der Waals surface area contributed by atoms with E-state index in [-0.39, 0.29) is 12.4 Å². The molecular formula is C10H17ClN6S. The first-order valence-corrected chi connectivity index (χ1v) is 6.42. The third kappa shape index (κ3) is 4.01. The van der Waals surface area contributed by atoms with E-state index in [0.29, 0.717) is 0 Å². The number of rotatable bonds is 6. The lowest BCUT2D eigenvalue weighted by Gasteiger charge is -2.05. The summed E-state index contributed by atoms with van der Waals surface area (Å²) in [5.41, 5.74) is 1.29. The van der Waals surface area contributed by atoms with Gasteiger partial charge in [-0.2, -0.15) is 0 Å². The van der Waals surface area contributed by atoms with Gasteiger partial charge in [0.25, 0.3) is 0 Å². The van der Waals surface area contributed by atoms with Gasteiger partial charge in [0.15, 0.2) is 0 Å². The second kappa shape index (κ2) is 7.40. The van der Waals surface area contributed by atoms with Crippen molar-refractivity contribution in [1.29, 1.82) is 0 Å². The molecule has 0 bridgehead atoms. The normalized spacial score (nSPS) is 10.3. The van der Waals surface area contributed by atoms with E-state index in [9.17, 15) is 0 Å². The fourth-order valence-electron chi connectivity index (χ4n) is 1.45. The van der Waals surface area contributed by atoms with Crippen molar-refractivity contribution >= 4 is 24.2 Å². The first-order chi connectivity index (χ1) is 8.27. The van der Waals surface area contributed by atoms with Crippen LogP contribution in [0.5, 0.6) is 0 Å². The molecule has 0 saturated heterocycles. The summed E-state index contributed by atoms with van der Waals surface area (Å²) >= 11 is 1.65. The Morgan fingerprint density at radius 2 is 2.22 bits per heavy atom. The van der Waals surface area contributed by atoms with Gasteiger partial charge in [0.05, 0.1) is 0 Å². The van der Waals surface area contributed by atoms with E-state index in [4.69, 9.17) is 0 Å². The SMILES string of the molecule is Cl.Cn1cccc1CNCCSc1nnnn1C. The van der Waals surface area contributed by atoms with Gasteiger partial charge in [0, 0.05) is 44.8 Å². The number of hydrogen-bond acceptors (Lipinski definition) is 5. The molecule has 0 fully saturated rings. The highest BCUT2D eigenvalue weighted by molar-refractivity contribution is 7.99. The largest absolute Gasteiger partial charge is 0.353 e. The molecule has 6 nitrogen and oxygen atoms in total. The zero-order valence-electron chi connectivity index (χ0n) is 10.4. The average Bonchev–Trinajstić information content (AvgIpc) is 2.89. The molecule has 0 aliphatic rings. The summed E-state index contributed by atoms with van der Waals surface area (Å²) in [6.07, 6.45) is 2.05. The molecule has 2 aromatic heterocycles. The van der Waals surface area contributed by atoms with Gasteiger partial charge in [-0.05, 0) is 22.6 Å². The lowest BCUT2D eigenvalue weighted by molar-refractivity contribution is 0.661. The Kier molecular flexibility index (Phi) is 6.17. The smallest absolute Gasteiger partial charge is 0.209 e. The van der Waals surface area contributed by atoms with Crippen LogP contribution < -0.4 is 5.32 Å². The number of nitrogens with zero attached hydrogens (tertiary/aromatic N) is 5. The first-order valence-electron chi connectivity index (χ1n) is 5.43. The van der Waals surface area contributed by atoms with Gasteiger partial charge in [0.2, 0.25) is 5.16 Å². The summed E-state index contributed by atoms with van der Waals surface area (Å²) in [6, 6.07) is 4.17. The van der Waals surface area contributed by atoms with Gasteiger partial charge in [-0.25, -0.2) is 4.68 Å². The van der Waals surface area contributed by atoms with Crippen LogP contribution in [-0.2, 0) is 20.6 Å². The van der Waals surface area contributed by atoms with E-state index < -0.39 is 0 Å². The predicted molar refractivity (Wildman–Crippen MR) is 73.9 cm³/mol. The van der Waals surface area contributed by atoms with Gasteiger partial charge >= 0.3 is 0 Å². The summed E-state index contributed by atoms with van der Waals surface area (Å²) in [6.45, 7) is 1.82. The molecule has 0 spiro atoms. The number of tetrazole rings is 1. The number of aromatic nitrogens is 5. The lowest BCUT2D eigenvalue weighted by Crippen LogP contribution is -2.18. The van der Waals surface area contributed by atoms with Crippen molar-refractivity contribution in [3.63, 3.8) is 0 Å². The Bertz CT molecular complexity index is 426. The second-order valence-corrected chi connectivity index (χ2v) is 4.78. The van der Waals surface area contributed by atoms with Crippen LogP contribution in [0.4, 0.5) is 0 Å². The van der Waals surface area contributed by atoms with Gasteiger partial charge in [0.1, 0.15) is 0 Å². The van der Waals surface area contributed by atoms with Gasteiger partial charge in [-0.1, -0.05) is 11.8 Å². The standard InChI is InChI=1S/C10H16N6S.ClH/c1-15-6-3-4-9(15)8-11-5-7-17-10-12-13-14-16(10)2;/h3-4,6,11H,5,7-8H2,1-2H3;1H. The molecule has 0 aliphatic heterocycles. The topological polar surface area (TPSA) is 60.6 Å². The molecule has 1 N–H and O–H groups in total. The predicted octanol–water partition coefficient (Wildman–Crippen LogP) is 0.852. The van der Waals surface area contributed by atoms with Crippen molar-refractivity contribution in [3.8, 4) is 0 Å². The van der Waals surface area contributed by atoms with Crippen molar-refractivity contribution in [3.05, 3.63) is 24.0 Å². The molecular weight excluding hydrogens is 272 g/mol. The third-order valence-electron chi connectivity index (χ3n) is 2.45. The molecule has 0 saturated carbocycles. The van der Waals surface area contributed by atoms with Crippen molar-refractivity contribution < 1.29 is 0 Å². The minimum absolute atomic E-state index is 0. The van der Waals surface area contributed by atoms with E-state index in [1.165, 1.54) is 5.69 Å². The molecule has 18 heavy (non-hydrogen) atoms. The molecule has 0 unspecified atom stereocenters. The van der Waals surface area contributed by atoms with Crippen molar-refractivity contribution in [2.75, 3.05) is 12.3 Å². The van der Waals surface area contributed by atoms with Gasteiger partial charge in [-0.3, -0.25) is 0 Å². The number of thioether (sulfide) groups is 1. The molecule has 0 amide bonds. The number of hydrogen-bond donors (Lipinski definition) is 1. The Balaban J connectivity index is 0.00000162. The Morgan fingerprint density at radius 1 is 1.39 bits per heavy atom. The van der Waals surface area contributed by atoms with Crippen LogP contribution in [0.25, 0.3) is 0 Å². The van der Waals surface area contributed by atoms with Crippen LogP contribution in [0, 0.1) is 0 Å². The number of nitrogens with one attached hydrogen (secondary N) is 1. The Morgan fingerprint density at radius 3 is 2.83 bits per heavy atom. The quantitative estimate of drug-likeness (QED) is 0.631. The highest BCUT2D eigenvalue weighted by Gasteiger charge is 2.02. The van der Waals surface area contributed by atoms with Crippen molar-refractivity contribution in [2.45, 2.75) is 11.7 Å². The monoisotopic (exact) mass is 288 g/mol. The van der Waals surface area contributed by atoms with E-state index in [2.05, 4.69) is 50.8 Å². The molecule has 8 heteroatoms. The molecule has 2 aromatic rings. The maximum absolute atomic E-state index is 3.91. The number of aryl methyl sites for hydroxylation is 2.